The lowest BCUT2D eigenvalue weighted by molar-refractivity contribution is 0.130. The normalized spacial score (nSPS) is 26.3. The molecule has 1 fully saturated rings. The third-order valence-electron chi connectivity index (χ3n) is 4.71. The van der Waals surface area contributed by atoms with Crippen LogP contribution in [0.4, 0.5) is 5.69 Å². The van der Waals surface area contributed by atoms with Gasteiger partial charge in [-0.15, -0.1) is 0 Å². The number of aryl methyl sites for hydroxylation is 1. The minimum atomic E-state index is -3.60. The van der Waals surface area contributed by atoms with Crippen LogP contribution in [0.1, 0.15) is 17.5 Å². The first kappa shape index (κ1) is 13.8. The molecular formula is C17H17NO3S. The Labute approximate surface area is 130 Å². The van der Waals surface area contributed by atoms with Crippen molar-refractivity contribution in [2.45, 2.75) is 23.8 Å². The van der Waals surface area contributed by atoms with Gasteiger partial charge in [0.05, 0.1) is 16.2 Å². The van der Waals surface area contributed by atoms with Crippen LogP contribution in [-0.2, 0) is 15.6 Å². The maximum absolute atomic E-state index is 13.0. The van der Waals surface area contributed by atoms with Crippen molar-refractivity contribution in [2.75, 3.05) is 10.8 Å². The SMILES string of the molecule is Cc1ccc(S(=O)(=O)N2CC3CC3(O)c3ccccc32)cc1. The van der Waals surface area contributed by atoms with E-state index in [9.17, 15) is 13.5 Å². The molecule has 0 aromatic heterocycles. The third-order valence-corrected chi connectivity index (χ3v) is 6.50. The Balaban J connectivity index is 1.84. The number of anilines is 1. The van der Waals surface area contributed by atoms with Gasteiger partial charge < -0.3 is 5.11 Å². The summed E-state index contributed by atoms with van der Waals surface area (Å²) in [5.74, 6) is -0.0115. The number of aliphatic hydroxyl groups is 1. The van der Waals surface area contributed by atoms with Crippen LogP contribution < -0.4 is 4.31 Å². The van der Waals surface area contributed by atoms with Gasteiger partial charge >= 0.3 is 0 Å². The molecule has 0 spiro atoms. The quantitative estimate of drug-likeness (QED) is 0.926. The Bertz CT molecular complexity index is 844. The third kappa shape index (κ3) is 1.82. The first-order valence-electron chi connectivity index (χ1n) is 7.34. The summed E-state index contributed by atoms with van der Waals surface area (Å²) in [7, 11) is -3.60. The Hall–Kier alpha value is -1.85. The van der Waals surface area contributed by atoms with Crippen LogP contribution in [-0.4, -0.2) is 20.1 Å². The minimum Gasteiger partial charge on any atom is -0.385 e. The summed E-state index contributed by atoms with van der Waals surface area (Å²) in [4.78, 5) is 0.291. The fourth-order valence-corrected chi connectivity index (χ4v) is 4.81. The van der Waals surface area contributed by atoms with Crippen LogP contribution >= 0.6 is 0 Å². The van der Waals surface area contributed by atoms with E-state index in [2.05, 4.69) is 0 Å². The lowest BCUT2D eigenvalue weighted by Gasteiger charge is -2.32. The summed E-state index contributed by atoms with van der Waals surface area (Å²) in [5.41, 5.74) is 1.51. The largest absolute Gasteiger partial charge is 0.385 e. The molecule has 1 saturated carbocycles. The highest BCUT2D eigenvalue weighted by Crippen LogP contribution is 2.58. The van der Waals surface area contributed by atoms with Crippen molar-refractivity contribution in [3.05, 3.63) is 59.7 Å². The predicted molar refractivity (Wildman–Crippen MR) is 84.2 cm³/mol. The van der Waals surface area contributed by atoms with E-state index in [4.69, 9.17) is 0 Å². The molecule has 2 unspecified atom stereocenters. The zero-order valence-electron chi connectivity index (χ0n) is 12.2. The van der Waals surface area contributed by atoms with Gasteiger partial charge in [0, 0.05) is 18.0 Å². The molecule has 0 amide bonds. The van der Waals surface area contributed by atoms with E-state index in [1.165, 1.54) is 4.31 Å². The van der Waals surface area contributed by atoms with Gasteiger partial charge in [-0.05, 0) is 31.5 Å². The van der Waals surface area contributed by atoms with E-state index in [1.54, 1.807) is 30.3 Å². The van der Waals surface area contributed by atoms with Gasteiger partial charge in [0.25, 0.3) is 10.0 Å². The molecule has 1 heterocycles. The lowest BCUT2D eigenvalue weighted by Crippen LogP contribution is -2.39. The van der Waals surface area contributed by atoms with Crippen molar-refractivity contribution in [3.63, 3.8) is 0 Å². The molecule has 0 radical (unpaired) electrons. The molecule has 1 aliphatic carbocycles. The second kappa shape index (κ2) is 4.33. The first-order valence-corrected chi connectivity index (χ1v) is 8.78. The highest BCUT2D eigenvalue weighted by Gasteiger charge is 2.60. The molecule has 5 heteroatoms. The Morgan fingerprint density at radius 1 is 1.14 bits per heavy atom. The van der Waals surface area contributed by atoms with E-state index in [1.807, 2.05) is 25.1 Å². The maximum Gasteiger partial charge on any atom is 0.264 e. The van der Waals surface area contributed by atoms with Gasteiger partial charge in [-0.25, -0.2) is 8.42 Å². The number of hydrogen-bond donors (Lipinski definition) is 1. The van der Waals surface area contributed by atoms with Gasteiger partial charge in [0.1, 0.15) is 0 Å². The van der Waals surface area contributed by atoms with E-state index in [0.29, 0.717) is 23.5 Å². The second-order valence-electron chi connectivity index (χ2n) is 6.19. The van der Waals surface area contributed by atoms with E-state index in [-0.39, 0.29) is 5.92 Å². The number of hydrogen-bond acceptors (Lipinski definition) is 3. The van der Waals surface area contributed by atoms with Gasteiger partial charge in [-0.1, -0.05) is 35.9 Å². The van der Waals surface area contributed by atoms with Gasteiger partial charge in [0.2, 0.25) is 0 Å². The van der Waals surface area contributed by atoms with Crippen molar-refractivity contribution in [2.24, 2.45) is 5.92 Å². The van der Waals surface area contributed by atoms with E-state index < -0.39 is 15.6 Å². The average Bonchev–Trinajstić information content (AvgIpc) is 3.19. The maximum atomic E-state index is 13.0. The summed E-state index contributed by atoms with van der Waals surface area (Å²) in [6.07, 6.45) is 0.629. The summed E-state index contributed by atoms with van der Waals surface area (Å²) in [5, 5.41) is 10.6. The van der Waals surface area contributed by atoms with Gasteiger partial charge in [-0.3, -0.25) is 4.31 Å². The lowest BCUT2D eigenvalue weighted by atomic mass is 10.00. The topological polar surface area (TPSA) is 57.6 Å². The number of sulfonamides is 1. The van der Waals surface area contributed by atoms with E-state index in [0.717, 1.165) is 11.1 Å². The molecule has 0 bridgehead atoms. The fraction of sp³-hybridized carbons (Fsp3) is 0.294. The number of fused-ring (bicyclic) bond motifs is 3. The monoisotopic (exact) mass is 315 g/mol. The highest BCUT2D eigenvalue weighted by molar-refractivity contribution is 7.92. The Kier molecular flexibility index (Phi) is 2.72. The van der Waals surface area contributed by atoms with Gasteiger partial charge in [-0.2, -0.15) is 0 Å². The highest BCUT2D eigenvalue weighted by atomic mass is 32.2. The molecule has 22 heavy (non-hydrogen) atoms. The molecule has 4 rings (SSSR count). The van der Waals surface area contributed by atoms with Crippen molar-refractivity contribution in [1.82, 2.24) is 0 Å². The zero-order chi connectivity index (χ0) is 15.5. The van der Waals surface area contributed by atoms with Crippen LogP contribution in [0.5, 0.6) is 0 Å². The second-order valence-corrected chi connectivity index (χ2v) is 8.05. The molecular weight excluding hydrogens is 298 g/mol. The molecule has 114 valence electrons. The van der Waals surface area contributed by atoms with Gasteiger partial charge in [0.15, 0.2) is 0 Å². The fourth-order valence-electron chi connectivity index (χ4n) is 3.28. The average molecular weight is 315 g/mol. The predicted octanol–water partition coefficient (Wildman–Crippen LogP) is 2.41. The molecule has 2 aliphatic rings. The van der Waals surface area contributed by atoms with Crippen molar-refractivity contribution in [1.29, 1.82) is 0 Å². The Morgan fingerprint density at radius 3 is 2.55 bits per heavy atom. The molecule has 4 nitrogen and oxygen atoms in total. The first-order chi connectivity index (χ1) is 10.4. The van der Waals surface area contributed by atoms with Crippen LogP contribution in [0.2, 0.25) is 0 Å². The molecule has 1 aliphatic heterocycles. The summed E-state index contributed by atoms with van der Waals surface area (Å²) >= 11 is 0. The number of rotatable bonds is 2. The van der Waals surface area contributed by atoms with Crippen molar-refractivity contribution in [3.8, 4) is 0 Å². The molecule has 0 saturated heterocycles. The zero-order valence-corrected chi connectivity index (χ0v) is 13.0. The minimum absolute atomic E-state index is 0.0115. The van der Waals surface area contributed by atoms with E-state index >= 15 is 0 Å². The van der Waals surface area contributed by atoms with Crippen LogP contribution in [0, 0.1) is 12.8 Å². The van der Waals surface area contributed by atoms with Crippen LogP contribution in [0.15, 0.2) is 53.4 Å². The molecule has 2 aromatic carbocycles. The van der Waals surface area contributed by atoms with Crippen LogP contribution in [0.25, 0.3) is 0 Å². The smallest absolute Gasteiger partial charge is 0.264 e. The number of para-hydroxylation sites is 1. The van der Waals surface area contributed by atoms with Crippen LogP contribution in [0.3, 0.4) is 0 Å². The standard InChI is InChI=1S/C17H17NO3S/c1-12-6-8-14(9-7-12)22(20,21)18-11-13-10-17(13,19)15-4-2-3-5-16(15)18/h2-9,13,19H,10-11H2,1H3. The van der Waals surface area contributed by atoms with Crippen molar-refractivity contribution < 1.29 is 13.5 Å². The summed E-state index contributed by atoms with van der Waals surface area (Å²) in [6.45, 7) is 2.26. The van der Waals surface area contributed by atoms with Crippen molar-refractivity contribution >= 4 is 15.7 Å². The molecule has 1 N–H and O–H groups in total. The summed E-state index contributed by atoms with van der Waals surface area (Å²) < 4.78 is 27.4. The molecule has 2 aromatic rings. The number of benzene rings is 2. The molecule has 2 atom stereocenters. The Morgan fingerprint density at radius 2 is 1.82 bits per heavy atom. The summed E-state index contributed by atoms with van der Waals surface area (Å²) in [6, 6.07) is 14.1. The number of nitrogens with zero attached hydrogens (tertiary/aromatic N) is 1.